The van der Waals surface area contributed by atoms with E-state index >= 15 is 0 Å². The summed E-state index contributed by atoms with van der Waals surface area (Å²) in [5, 5.41) is 9.20. The van der Waals surface area contributed by atoms with Crippen LogP contribution in [0, 0.1) is 20.8 Å². The van der Waals surface area contributed by atoms with E-state index in [0.717, 1.165) is 23.9 Å². The molecule has 2 aromatic heterocycles. The Labute approximate surface area is 135 Å². The first-order chi connectivity index (χ1) is 11.0. The van der Waals surface area contributed by atoms with Gasteiger partial charge in [0.2, 0.25) is 0 Å². The molecule has 7 heteroatoms. The van der Waals surface area contributed by atoms with Gasteiger partial charge in [-0.3, -0.25) is 4.79 Å². The van der Waals surface area contributed by atoms with Crippen LogP contribution in [-0.4, -0.2) is 35.5 Å². The molecule has 0 aromatic carbocycles. The van der Waals surface area contributed by atoms with Crippen molar-refractivity contribution in [2.75, 3.05) is 30.3 Å². The van der Waals surface area contributed by atoms with Crippen molar-refractivity contribution >= 4 is 17.5 Å². The van der Waals surface area contributed by atoms with Crippen LogP contribution in [0.15, 0.2) is 16.5 Å². The van der Waals surface area contributed by atoms with Crippen molar-refractivity contribution in [2.45, 2.75) is 27.7 Å². The van der Waals surface area contributed by atoms with Crippen molar-refractivity contribution < 1.29 is 9.21 Å². The van der Waals surface area contributed by atoms with E-state index in [1.165, 1.54) is 0 Å². The maximum Gasteiger partial charge on any atom is 0.254 e. The fourth-order valence-electron chi connectivity index (χ4n) is 2.25. The smallest absolute Gasteiger partial charge is 0.254 e. The van der Waals surface area contributed by atoms with Gasteiger partial charge in [-0.2, -0.15) is 0 Å². The largest absolute Gasteiger partial charge is 0.466 e. The lowest BCUT2D eigenvalue weighted by atomic mass is 10.2. The fraction of sp³-hybridized carbons (Fsp3) is 0.438. The maximum absolute atomic E-state index is 12.0. The molecule has 3 N–H and O–H groups in total. The van der Waals surface area contributed by atoms with Crippen molar-refractivity contribution in [1.82, 2.24) is 15.3 Å². The molecule has 0 saturated carbocycles. The Bertz CT molecular complexity index is 681. The molecule has 124 valence electrons. The van der Waals surface area contributed by atoms with E-state index in [4.69, 9.17) is 4.42 Å². The van der Waals surface area contributed by atoms with Gasteiger partial charge >= 0.3 is 0 Å². The van der Waals surface area contributed by atoms with Crippen LogP contribution in [0.4, 0.5) is 11.6 Å². The topological polar surface area (TPSA) is 92.1 Å². The number of hydrogen-bond acceptors (Lipinski definition) is 6. The number of nitrogens with one attached hydrogen (secondary N) is 3. The standard InChI is InChI=1S/C16H23N5O2/c1-5-17-14-9-15(21-12(4)20-14)18-6-7-19-16(22)13-8-10(2)23-11(13)3/h8-9H,5-7H2,1-4H3,(H,19,22)(H2,17,18,20,21). The van der Waals surface area contributed by atoms with Crippen molar-refractivity contribution in [2.24, 2.45) is 0 Å². The van der Waals surface area contributed by atoms with Crippen LogP contribution in [0.2, 0.25) is 0 Å². The second-order valence-corrected chi connectivity index (χ2v) is 5.23. The fourth-order valence-corrected chi connectivity index (χ4v) is 2.25. The molecule has 1 amide bonds. The van der Waals surface area contributed by atoms with Gasteiger partial charge in [0.05, 0.1) is 5.56 Å². The van der Waals surface area contributed by atoms with Gasteiger partial charge in [0, 0.05) is 25.7 Å². The van der Waals surface area contributed by atoms with Gasteiger partial charge in [-0.15, -0.1) is 0 Å². The average molecular weight is 317 g/mol. The summed E-state index contributed by atoms with van der Waals surface area (Å²) in [5.74, 6) is 3.45. The molecule has 0 aliphatic heterocycles. The minimum atomic E-state index is -0.131. The van der Waals surface area contributed by atoms with Gasteiger partial charge < -0.3 is 20.4 Å². The number of hydrogen-bond donors (Lipinski definition) is 3. The molecule has 0 radical (unpaired) electrons. The van der Waals surface area contributed by atoms with E-state index in [0.29, 0.717) is 30.2 Å². The Balaban J connectivity index is 1.83. The molecule has 0 unspecified atom stereocenters. The molecule has 0 aliphatic carbocycles. The van der Waals surface area contributed by atoms with Gasteiger partial charge in [-0.05, 0) is 33.8 Å². The minimum absolute atomic E-state index is 0.131. The number of rotatable bonds is 7. The van der Waals surface area contributed by atoms with Crippen LogP contribution in [0.1, 0.15) is 34.6 Å². The van der Waals surface area contributed by atoms with E-state index in [-0.39, 0.29) is 5.91 Å². The minimum Gasteiger partial charge on any atom is -0.466 e. The predicted octanol–water partition coefficient (Wildman–Crippen LogP) is 2.27. The molecular formula is C16H23N5O2. The lowest BCUT2D eigenvalue weighted by molar-refractivity contribution is 0.0953. The zero-order valence-corrected chi connectivity index (χ0v) is 14.0. The summed E-state index contributed by atoms with van der Waals surface area (Å²) < 4.78 is 5.36. The molecule has 23 heavy (non-hydrogen) atoms. The van der Waals surface area contributed by atoms with E-state index in [1.807, 2.05) is 26.8 Å². The van der Waals surface area contributed by atoms with Gasteiger partial charge in [0.25, 0.3) is 5.91 Å². The summed E-state index contributed by atoms with van der Waals surface area (Å²) in [6.45, 7) is 9.33. The zero-order valence-electron chi connectivity index (χ0n) is 14.0. The van der Waals surface area contributed by atoms with Crippen LogP contribution >= 0.6 is 0 Å². The molecule has 2 aromatic rings. The van der Waals surface area contributed by atoms with Crippen molar-refractivity contribution in [3.8, 4) is 0 Å². The van der Waals surface area contributed by atoms with Crippen LogP contribution in [0.25, 0.3) is 0 Å². The normalized spacial score (nSPS) is 10.4. The van der Waals surface area contributed by atoms with Crippen LogP contribution < -0.4 is 16.0 Å². The quantitative estimate of drug-likeness (QED) is 0.679. The third kappa shape index (κ3) is 4.70. The molecule has 0 aliphatic rings. The maximum atomic E-state index is 12.0. The summed E-state index contributed by atoms with van der Waals surface area (Å²) in [5.41, 5.74) is 0.579. The third-order valence-corrected chi connectivity index (χ3v) is 3.20. The molecule has 0 saturated heterocycles. The average Bonchev–Trinajstić information content (AvgIpc) is 2.82. The zero-order chi connectivity index (χ0) is 16.8. The Kier molecular flexibility index (Phi) is 5.56. The second-order valence-electron chi connectivity index (χ2n) is 5.23. The van der Waals surface area contributed by atoms with Crippen LogP contribution in [0.3, 0.4) is 0 Å². The summed E-state index contributed by atoms with van der Waals surface area (Å²) in [7, 11) is 0. The van der Waals surface area contributed by atoms with Crippen molar-refractivity contribution in [1.29, 1.82) is 0 Å². The third-order valence-electron chi connectivity index (χ3n) is 3.20. The van der Waals surface area contributed by atoms with Crippen molar-refractivity contribution in [3.63, 3.8) is 0 Å². The Morgan fingerprint density at radius 3 is 2.39 bits per heavy atom. The lowest BCUT2D eigenvalue weighted by Crippen LogP contribution is -2.29. The number of aromatic nitrogens is 2. The monoisotopic (exact) mass is 317 g/mol. The predicted molar refractivity (Wildman–Crippen MR) is 89.9 cm³/mol. The second kappa shape index (κ2) is 7.62. The number of aryl methyl sites for hydroxylation is 3. The van der Waals surface area contributed by atoms with E-state index in [2.05, 4.69) is 25.9 Å². The molecule has 2 rings (SSSR count). The first kappa shape index (κ1) is 16.8. The SMILES string of the molecule is CCNc1cc(NCCNC(=O)c2cc(C)oc2C)nc(C)n1. The summed E-state index contributed by atoms with van der Waals surface area (Å²) in [4.78, 5) is 20.7. The number of carbonyl (C=O) groups is 1. The summed E-state index contributed by atoms with van der Waals surface area (Å²) in [6, 6.07) is 3.59. The van der Waals surface area contributed by atoms with E-state index < -0.39 is 0 Å². The van der Waals surface area contributed by atoms with Gasteiger partial charge in [-0.25, -0.2) is 9.97 Å². The first-order valence-corrected chi connectivity index (χ1v) is 7.68. The van der Waals surface area contributed by atoms with Gasteiger partial charge in [0.1, 0.15) is 29.0 Å². The van der Waals surface area contributed by atoms with Crippen molar-refractivity contribution in [3.05, 3.63) is 35.0 Å². The number of nitrogens with zero attached hydrogens (tertiary/aromatic N) is 2. The van der Waals surface area contributed by atoms with E-state index in [9.17, 15) is 4.79 Å². The molecule has 0 spiro atoms. The highest BCUT2D eigenvalue weighted by Crippen LogP contribution is 2.13. The molecular weight excluding hydrogens is 294 g/mol. The highest BCUT2D eigenvalue weighted by molar-refractivity contribution is 5.95. The molecule has 2 heterocycles. The Hall–Kier alpha value is -2.57. The number of furan rings is 1. The Morgan fingerprint density at radius 1 is 1.09 bits per heavy atom. The first-order valence-electron chi connectivity index (χ1n) is 7.68. The summed E-state index contributed by atoms with van der Waals surface area (Å²) >= 11 is 0. The highest BCUT2D eigenvalue weighted by atomic mass is 16.3. The Morgan fingerprint density at radius 2 is 1.78 bits per heavy atom. The molecule has 0 atom stereocenters. The van der Waals surface area contributed by atoms with Gasteiger partial charge in [0.15, 0.2) is 0 Å². The molecule has 0 fully saturated rings. The molecule has 7 nitrogen and oxygen atoms in total. The van der Waals surface area contributed by atoms with Crippen LogP contribution in [0.5, 0.6) is 0 Å². The van der Waals surface area contributed by atoms with Gasteiger partial charge in [-0.1, -0.05) is 0 Å². The van der Waals surface area contributed by atoms with Crippen LogP contribution in [-0.2, 0) is 0 Å². The molecule has 0 bridgehead atoms. The van der Waals surface area contributed by atoms with E-state index in [1.54, 1.807) is 13.0 Å². The highest BCUT2D eigenvalue weighted by Gasteiger charge is 2.12. The lowest BCUT2D eigenvalue weighted by Gasteiger charge is -2.09. The number of carbonyl (C=O) groups excluding carboxylic acids is 1. The summed E-state index contributed by atoms with van der Waals surface area (Å²) in [6.07, 6.45) is 0. The number of amides is 1. The number of anilines is 2.